The average molecular weight is 661 g/mol. The lowest BCUT2D eigenvalue weighted by atomic mass is 9.82. The maximum Gasteiger partial charge on any atom is 0.503 e. The summed E-state index contributed by atoms with van der Waals surface area (Å²) in [5.41, 5.74) is 1.39. The normalized spacial score (nSPS) is 12.6. The lowest BCUT2D eigenvalue weighted by Gasteiger charge is -2.24. The molecule has 0 heterocycles. The Labute approximate surface area is 273 Å². The molecule has 48 heavy (non-hydrogen) atoms. The van der Waals surface area contributed by atoms with Gasteiger partial charge in [0.15, 0.2) is 33.9 Å². The number of anilines is 1. The molecule has 0 saturated heterocycles. The van der Waals surface area contributed by atoms with Crippen molar-refractivity contribution in [3.05, 3.63) is 49.3 Å². The van der Waals surface area contributed by atoms with Gasteiger partial charge in [0.05, 0.1) is 37.8 Å². The zero-order valence-electron chi connectivity index (χ0n) is 27.6. The summed E-state index contributed by atoms with van der Waals surface area (Å²) in [6.45, 7) is 4.56. The molecule has 1 aliphatic carbocycles. The van der Waals surface area contributed by atoms with Gasteiger partial charge in [-0.1, -0.05) is 5.57 Å². The van der Waals surface area contributed by atoms with E-state index in [1.807, 2.05) is 21.0 Å². The standard InChI is InChI=1S/C34H34N2O8.CH2O3/c1-14-11-16-22-27-23(32(40)31(16)35-9-8-10-36(3)4)17(38)12-19(42-5)25(27)26-20(43-6)13-18(39)24-29(26)28(22)30(21(14)15(2)37)34(44-7)33(24)41;2-1(3)4/h12-13,35,40-41H,8-11H2,1-7H3;(H2,2,3,4). The van der Waals surface area contributed by atoms with Crippen molar-refractivity contribution in [1.82, 2.24) is 4.90 Å². The predicted octanol–water partition coefficient (Wildman–Crippen LogP) is 4.84. The molecule has 6 rings (SSSR count). The minimum atomic E-state index is -1.83. The number of phenolic OH excluding ortho intramolecular Hbond substituents is 2. The van der Waals surface area contributed by atoms with Gasteiger partial charge in [0.2, 0.25) is 0 Å². The van der Waals surface area contributed by atoms with E-state index in [0.717, 1.165) is 13.0 Å². The summed E-state index contributed by atoms with van der Waals surface area (Å²) in [6.07, 6.45) is -0.842. The maximum absolute atomic E-state index is 13.8. The zero-order chi connectivity index (χ0) is 35.4. The highest BCUT2D eigenvalue weighted by Gasteiger charge is 2.35. The van der Waals surface area contributed by atoms with Crippen LogP contribution in [0.4, 0.5) is 10.5 Å². The van der Waals surface area contributed by atoms with E-state index in [-0.39, 0.29) is 46.0 Å². The van der Waals surface area contributed by atoms with Gasteiger partial charge in [0.25, 0.3) is 0 Å². The number of nitrogens with one attached hydrogen (secondary N) is 1. The van der Waals surface area contributed by atoms with E-state index in [4.69, 9.17) is 29.2 Å². The molecule has 5 N–H and O–H groups in total. The van der Waals surface area contributed by atoms with Crippen molar-refractivity contribution < 1.29 is 44.2 Å². The Bertz CT molecular complexity index is 2290. The fraction of sp³-hybridized carbons (Fsp3) is 0.314. The Morgan fingerprint density at radius 2 is 1.33 bits per heavy atom. The Hall–Kier alpha value is -5.56. The molecule has 0 aromatic heterocycles. The van der Waals surface area contributed by atoms with Crippen molar-refractivity contribution in [2.75, 3.05) is 53.8 Å². The van der Waals surface area contributed by atoms with E-state index >= 15 is 0 Å². The van der Waals surface area contributed by atoms with E-state index < -0.39 is 22.8 Å². The second kappa shape index (κ2) is 12.6. The van der Waals surface area contributed by atoms with E-state index in [1.165, 1.54) is 40.4 Å². The van der Waals surface area contributed by atoms with Crippen molar-refractivity contribution in [3.8, 4) is 28.7 Å². The van der Waals surface area contributed by atoms with Crippen LogP contribution in [0.2, 0.25) is 0 Å². The molecule has 1 aliphatic rings. The summed E-state index contributed by atoms with van der Waals surface area (Å²) in [4.78, 5) is 51.5. The first-order valence-corrected chi connectivity index (χ1v) is 15.0. The van der Waals surface area contributed by atoms with Crippen LogP contribution in [0.5, 0.6) is 28.7 Å². The highest BCUT2D eigenvalue weighted by atomic mass is 16.6. The van der Waals surface area contributed by atoms with Crippen molar-refractivity contribution in [1.29, 1.82) is 0 Å². The maximum atomic E-state index is 13.8. The molecule has 0 fully saturated rings. The van der Waals surface area contributed by atoms with Gasteiger partial charge in [-0.2, -0.15) is 0 Å². The number of ether oxygens (including phenoxy) is 3. The molecule has 5 aromatic rings. The van der Waals surface area contributed by atoms with Gasteiger partial charge in [-0.15, -0.1) is 0 Å². The molecule has 5 aromatic carbocycles. The molecule has 0 atom stereocenters. The predicted molar refractivity (Wildman–Crippen MR) is 184 cm³/mol. The lowest BCUT2D eigenvalue weighted by Crippen LogP contribution is -2.17. The van der Waals surface area contributed by atoms with Crippen LogP contribution in [0, 0.1) is 0 Å². The van der Waals surface area contributed by atoms with Crippen molar-refractivity contribution >= 4 is 66.3 Å². The third kappa shape index (κ3) is 5.07. The molecule has 0 saturated carbocycles. The number of aromatic hydroxyl groups is 2. The Morgan fingerprint density at radius 3 is 1.81 bits per heavy atom. The molecule has 13 heteroatoms. The van der Waals surface area contributed by atoms with Gasteiger partial charge < -0.3 is 44.9 Å². The number of allylic oxidation sites excluding steroid dienone is 2. The fourth-order valence-corrected chi connectivity index (χ4v) is 7.05. The van der Waals surface area contributed by atoms with Crippen molar-refractivity contribution in [2.24, 2.45) is 0 Å². The number of nitrogens with zero attached hydrogens (tertiary/aromatic N) is 1. The molecule has 0 aliphatic heterocycles. The number of carbonyl (C=O) groups excluding carboxylic acids is 1. The number of carboxylic acid groups (broad SMARTS) is 2. The van der Waals surface area contributed by atoms with Crippen LogP contribution in [-0.2, 0) is 11.2 Å². The van der Waals surface area contributed by atoms with Crippen molar-refractivity contribution in [3.63, 3.8) is 0 Å². The van der Waals surface area contributed by atoms with Crippen LogP contribution in [0.3, 0.4) is 0 Å². The summed E-state index contributed by atoms with van der Waals surface area (Å²) in [6, 6.07) is 2.59. The second-order valence-electron chi connectivity index (χ2n) is 11.9. The third-order valence-corrected chi connectivity index (χ3v) is 8.71. The number of rotatable bonds is 9. The fourth-order valence-electron chi connectivity index (χ4n) is 7.05. The van der Waals surface area contributed by atoms with Gasteiger partial charge >= 0.3 is 6.16 Å². The molecule has 0 amide bonds. The SMILES string of the molecule is COc1c(O)c2c(=O)cc(OC)c3c4c(OC)cc(=O)c5c(O)c(NCCCN(C)C)c6c(c(c1C(C(C)=O)=C(C)C6)c23)c54.O=C(O)O. The highest BCUT2D eigenvalue weighted by molar-refractivity contribution is 6.42. The topological polar surface area (TPSA) is 192 Å². The van der Waals surface area contributed by atoms with E-state index in [2.05, 4.69) is 10.2 Å². The van der Waals surface area contributed by atoms with Crippen LogP contribution in [0.25, 0.3) is 48.7 Å². The summed E-state index contributed by atoms with van der Waals surface area (Å²) < 4.78 is 17.2. The summed E-state index contributed by atoms with van der Waals surface area (Å²) in [5, 5.41) is 43.5. The number of ketones is 1. The number of phenols is 2. The van der Waals surface area contributed by atoms with Crippen molar-refractivity contribution in [2.45, 2.75) is 26.7 Å². The molecule has 0 radical (unpaired) electrons. The average Bonchev–Trinajstić information content (AvgIpc) is 3.14. The van der Waals surface area contributed by atoms with Crippen LogP contribution < -0.4 is 30.4 Å². The molecule has 13 nitrogen and oxygen atoms in total. The summed E-state index contributed by atoms with van der Waals surface area (Å²) in [7, 11) is 8.19. The minimum Gasteiger partial charge on any atom is -0.505 e. The Balaban J connectivity index is 0.00000107. The lowest BCUT2D eigenvalue weighted by molar-refractivity contribution is -0.111. The molecular weight excluding hydrogens is 624 g/mol. The number of methoxy groups -OCH3 is 3. The molecule has 252 valence electrons. The number of benzene rings is 5. The van der Waals surface area contributed by atoms with Gasteiger partial charge in [-0.05, 0) is 58.3 Å². The zero-order valence-corrected chi connectivity index (χ0v) is 27.6. The minimum absolute atomic E-state index is 0.00887. The van der Waals surface area contributed by atoms with Crippen LogP contribution in [0.1, 0.15) is 31.4 Å². The highest BCUT2D eigenvalue weighted by Crippen LogP contribution is 2.57. The molecular formula is C35H36N2O11. The third-order valence-electron chi connectivity index (χ3n) is 8.71. The quantitative estimate of drug-likeness (QED) is 0.0625. The Kier molecular flexibility index (Phi) is 8.85. The Morgan fingerprint density at radius 1 is 0.812 bits per heavy atom. The van der Waals surface area contributed by atoms with Crippen LogP contribution >= 0.6 is 0 Å². The summed E-state index contributed by atoms with van der Waals surface area (Å²) in [5.74, 6) is -0.476. The van der Waals surface area contributed by atoms with E-state index in [1.54, 1.807) is 0 Å². The molecule has 0 unspecified atom stereocenters. The van der Waals surface area contributed by atoms with Gasteiger partial charge in [0.1, 0.15) is 11.5 Å². The number of hydrogen-bond acceptors (Lipinski definition) is 11. The largest absolute Gasteiger partial charge is 0.505 e. The smallest absolute Gasteiger partial charge is 0.503 e. The van der Waals surface area contributed by atoms with E-state index in [9.17, 15) is 24.6 Å². The van der Waals surface area contributed by atoms with Gasteiger partial charge in [-0.25, -0.2) is 4.79 Å². The summed E-state index contributed by atoms with van der Waals surface area (Å²) >= 11 is 0. The number of hydrogen-bond donors (Lipinski definition) is 5. The molecule has 0 spiro atoms. The van der Waals surface area contributed by atoms with Gasteiger partial charge in [-0.3, -0.25) is 14.4 Å². The van der Waals surface area contributed by atoms with Gasteiger partial charge in [0, 0.05) is 56.7 Å². The number of carbonyl (C=O) groups is 2. The van der Waals surface area contributed by atoms with Crippen LogP contribution in [-0.4, -0.2) is 85.8 Å². The first-order valence-electron chi connectivity index (χ1n) is 15.0. The van der Waals surface area contributed by atoms with E-state index in [0.29, 0.717) is 66.8 Å². The number of Topliss-reactive ketones (excluding diaryl/α,β-unsaturated/α-hetero) is 1. The molecule has 0 bridgehead atoms. The monoisotopic (exact) mass is 660 g/mol. The van der Waals surface area contributed by atoms with Crippen LogP contribution in [0.15, 0.2) is 27.3 Å². The first kappa shape index (κ1) is 33.8. The number of fused-ring (bicyclic) bond motifs is 1. The second-order valence-corrected chi connectivity index (χ2v) is 11.9. The first-order chi connectivity index (χ1) is 22.7.